The van der Waals surface area contributed by atoms with Gasteiger partial charge in [-0.1, -0.05) is 66.7 Å². The largest absolute Gasteiger partial charge is 0.478 e. The monoisotopic (exact) mass is 383 g/mol. The van der Waals surface area contributed by atoms with Crippen molar-refractivity contribution >= 4 is 11.5 Å². The smallest absolute Gasteiger partial charge is 0.335 e. The zero-order chi connectivity index (χ0) is 20.2. The normalized spacial score (nSPS) is 14.4. The SMILES string of the molecule is CC(NCc1ccccc1)C1=C(c2ccccc2)c2ccc(C(=O)O)cc2CC1. The van der Waals surface area contributed by atoms with E-state index in [1.54, 1.807) is 6.07 Å². The number of carbonyl (C=O) groups is 1. The van der Waals surface area contributed by atoms with E-state index in [1.165, 1.54) is 22.3 Å². The molecule has 29 heavy (non-hydrogen) atoms. The van der Waals surface area contributed by atoms with Crippen molar-refractivity contribution in [1.82, 2.24) is 5.32 Å². The lowest BCUT2D eigenvalue weighted by molar-refractivity contribution is 0.0696. The van der Waals surface area contributed by atoms with Gasteiger partial charge in [0.1, 0.15) is 0 Å². The first-order chi connectivity index (χ1) is 14.1. The second-order valence-corrected chi connectivity index (χ2v) is 7.53. The lowest BCUT2D eigenvalue weighted by Crippen LogP contribution is -2.30. The van der Waals surface area contributed by atoms with Crippen LogP contribution in [-0.4, -0.2) is 17.1 Å². The Morgan fingerprint density at radius 1 is 0.966 bits per heavy atom. The van der Waals surface area contributed by atoms with Crippen LogP contribution in [0, 0.1) is 0 Å². The van der Waals surface area contributed by atoms with Crippen LogP contribution in [0.25, 0.3) is 5.57 Å². The Bertz CT molecular complexity index is 1040. The average Bonchev–Trinajstić information content (AvgIpc) is 2.77. The van der Waals surface area contributed by atoms with E-state index < -0.39 is 5.97 Å². The maximum Gasteiger partial charge on any atom is 0.335 e. The third kappa shape index (κ3) is 4.15. The number of rotatable bonds is 6. The molecular weight excluding hydrogens is 358 g/mol. The van der Waals surface area contributed by atoms with E-state index in [9.17, 15) is 9.90 Å². The Morgan fingerprint density at radius 2 is 1.66 bits per heavy atom. The highest BCUT2D eigenvalue weighted by atomic mass is 16.4. The van der Waals surface area contributed by atoms with Crippen LogP contribution >= 0.6 is 0 Å². The van der Waals surface area contributed by atoms with Crippen LogP contribution in [0.2, 0.25) is 0 Å². The van der Waals surface area contributed by atoms with Gasteiger partial charge in [0.15, 0.2) is 0 Å². The number of fused-ring (bicyclic) bond motifs is 1. The first-order valence-corrected chi connectivity index (χ1v) is 10.1. The summed E-state index contributed by atoms with van der Waals surface area (Å²) in [5.74, 6) is -0.873. The number of aryl methyl sites for hydroxylation is 1. The van der Waals surface area contributed by atoms with Gasteiger partial charge in [-0.25, -0.2) is 4.79 Å². The molecule has 1 unspecified atom stereocenters. The Balaban J connectivity index is 1.72. The minimum Gasteiger partial charge on any atom is -0.478 e. The summed E-state index contributed by atoms with van der Waals surface area (Å²) in [6.07, 6.45) is 1.78. The number of hydrogen-bond acceptors (Lipinski definition) is 2. The summed E-state index contributed by atoms with van der Waals surface area (Å²) in [4.78, 5) is 11.4. The van der Waals surface area contributed by atoms with Crippen molar-refractivity contribution in [1.29, 1.82) is 0 Å². The minimum absolute atomic E-state index is 0.220. The quantitative estimate of drug-likeness (QED) is 0.606. The van der Waals surface area contributed by atoms with Crippen molar-refractivity contribution in [3.05, 3.63) is 112 Å². The average molecular weight is 383 g/mol. The molecule has 1 atom stereocenters. The lowest BCUT2D eigenvalue weighted by atomic mass is 9.79. The van der Waals surface area contributed by atoms with Crippen LogP contribution in [0.15, 0.2) is 84.4 Å². The van der Waals surface area contributed by atoms with E-state index in [4.69, 9.17) is 0 Å². The molecular formula is C26H25NO2. The maximum atomic E-state index is 11.4. The van der Waals surface area contributed by atoms with Crippen LogP contribution in [-0.2, 0) is 13.0 Å². The molecule has 0 fully saturated rings. The van der Waals surface area contributed by atoms with E-state index in [2.05, 4.69) is 60.8 Å². The Morgan fingerprint density at radius 3 is 2.34 bits per heavy atom. The second kappa shape index (κ2) is 8.46. The van der Waals surface area contributed by atoms with E-state index in [-0.39, 0.29) is 6.04 Å². The molecule has 0 radical (unpaired) electrons. The first kappa shape index (κ1) is 19.2. The summed E-state index contributed by atoms with van der Waals surface area (Å²) in [6, 6.07) is 26.6. The van der Waals surface area contributed by atoms with E-state index >= 15 is 0 Å². The van der Waals surface area contributed by atoms with Gasteiger partial charge >= 0.3 is 5.97 Å². The van der Waals surface area contributed by atoms with Crippen LogP contribution < -0.4 is 5.32 Å². The fraction of sp³-hybridized carbons (Fsp3) is 0.192. The molecule has 2 N–H and O–H groups in total. The molecule has 3 heteroatoms. The van der Waals surface area contributed by atoms with Crippen LogP contribution in [0.5, 0.6) is 0 Å². The van der Waals surface area contributed by atoms with Gasteiger partial charge in [-0.3, -0.25) is 0 Å². The van der Waals surface area contributed by atoms with E-state index in [0.29, 0.717) is 5.56 Å². The van der Waals surface area contributed by atoms with E-state index in [0.717, 1.165) is 30.5 Å². The van der Waals surface area contributed by atoms with Crippen molar-refractivity contribution in [2.24, 2.45) is 0 Å². The van der Waals surface area contributed by atoms with Crippen LogP contribution in [0.1, 0.15) is 46.0 Å². The topological polar surface area (TPSA) is 49.3 Å². The van der Waals surface area contributed by atoms with Gasteiger partial charge in [0.25, 0.3) is 0 Å². The Labute approximate surface area is 171 Å². The Hall–Kier alpha value is -3.17. The number of benzene rings is 3. The molecule has 1 aliphatic rings. The second-order valence-electron chi connectivity index (χ2n) is 7.53. The number of carboxylic acids is 1. The summed E-state index contributed by atoms with van der Waals surface area (Å²) < 4.78 is 0. The molecule has 0 aliphatic heterocycles. The zero-order valence-corrected chi connectivity index (χ0v) is 16.6. The minimum atomic E-state index is -0.873. The van der Waals surface area contributed by atoms with Crippen molar-refractivity contribution in [3.63, 3.8) is 0 Å². The van der Waals surface area contributed by atoms with Gasteiger partial charge in [-0.2, -0.15) is 0 Å². The first-order valence-electron chi connectivity index (χ1n) is 10.1. The highest BCUT2D eigenvalue weighted by Gasteiger charge is 2.24. The van der Waals surface area contributed by atoms with Crippen molar-refractivity contribution < 1.29 is 9.90 Å². The molecule has 0 saturated heterocycles. The molecule has 0 heterocycles. The number of aromatic carboxylic acids is 1. The highest BCUT2D eigenvalue weighted by molar-refractivity contribution is 5.91. The molecule has 3 aromatic carbocycles. The van der Waals surface area contributed by atoms with Gasteiger partial charge < -0.3 is 10.4 Å². The predicted molar refractivity (Wildman–Crippen MR) is 117 cm³/mol. The molecule has 0 saturated carbocycles. The van der Waals surface area contributed by atoms with Gasteiger partial charge in [-0.15, -0.1) is 0 Å². The number of carboxylic acid groups (broad SMARTS) is 1. The molecule has 3 aromatic rings. The van der Waals surface area contributed by atoms with Crippen molar-refractivity contribution in [2.75, 3.05) is 0 Å². The fourth-order valence-corrected chi connectivity index (χ4v) is 4.11. The van der Waals surface area contributed by atoms with Crippen molar-refractivity contribution in [3.8, 4) is 0 Å². The summed E-state index contributed by atoms with van der Waals surface area (Å²) in [5, 5.41) is 13.0. The van der Waals surface area contributed by atoms with Crippen LogP contribution in [0.4, 0.5) is 0 Å². The third-order valence-corrected chi connectivity index (χ3v) is 5.65. The predicted octanol–water partition coefficient (Wildman–Crippen LogP) is 5.31. The summed E-state index contributed by atoms with van der Waals surface area (Å²) >= 11 is 0. The zero-order valence-electron chi connectivity index (χ0n) is 16.6. The molecule has 3 nitrogen and oxygen atoms in total. The van der Waals surface area contributed by atoms with Gasteiger partial charge in [0.2, 0.25) is 0 Å². The molecule has 0 aromatic heterocycles. The lowest BCUT2D eigenvalue weighted by Gasteiger charge is -2.29. The molecule has 0 amide bonds. The van der Waals surface area contributed by atoms with Crippen LogP contribution in [0.3, 0.4) is 0 Å². The van der Waals surface area contributed by atoms with E-state index in [1.807, 2.05) is 24.3 Å². The highest BCUT2D eigenvalue weighted by Crippen LogP contribution is 2.38. The molecule has 0 spiro atoms. The number of hydrogen-bond donors (Lipinski definition) is 2. The van der Waals surface area contributed by atoms with Gasteiger partial charge in [0, 0.05) is 12.6 Å². The maximum absolute atomic E-state index is 11.4. The molecule has 1 aliphatic carbocycles. The summed E-state index contributed by atoms with van der Waals surface area (Å²) in [7, 11) is 0. The summed E-state index contributed by atoms with van der Waals surface area (Å²) in [6.45, 7) is 3.04. The third-order valence-electron chi connectivity index (χ3n) is 5.65. The van der Waals surface area contributed by atoms with Gasteiger partial charge in [0.05, 0.1) is 5.56 Å². The molecule has 4 rings (SSSR count). The Kier molecular flexibility index (Phi) is 5.59. The van der Waals surface area contributed by atoms with Crippen molar-refractivity contribution in [2.45, 2.75) is 32.4 Å². The fourth-order valence-electron chi connectivity index (χ4n) is 4.11. The summed E-state index contributed by atoms with van der Waals surface area (Å²) in [5.41, 5.74) is 7.68. The molecule has 0 bridgehead atoms. The molecule has 146 valence electrons. The van der Waals surface area contributed by atoms with Gasteiger partial charge in [-0.05, 0) is 65.3 Å². The number of nitrogens with one attached hydrogen (secondary N) is 1. The standard InChI is InChI=1S/C26H25NO2/c1-18(27-17-19-8-4-2-5-9-19)23-14-12-21-16-22(26(28)29)13-15-24(21)25(23)20-10-6-3-7-11-20/h2-11,13,15-16,18,27H,12,14,17H2,1H3,(H,28,29).